The summed E-state index contributed by atoms with van der Waals surface area (Å²) >= 11 is 1.53. The summed E-state index contributed by atoms with van der Waals surface area (Å²) in [6.45, 7) is 6.30. The molecule has 0 amide bonds. The molecule has 2 saturated heterocycles. The Morgan fingerprint density at radius 1 is 1.17 bits per heavy atom. The summed E-state index contributed by atoms with van der Waals surface area (Å²) in [7, 11) is 2.02. The molecule has 2 N–H and O–H groups in total. The number of hydrogen-bond donors (Lipinski definition) is 1. The highest BCUT2D eigenvalue weighted by atomic mass is 32.1. The van der Waals surface area contributed by atoms with Gasteiger partial charge in [0.15, 0.2) is 11.6 Å². The summed E-state index contributed by atoms with van der Waals surface area (Å²) in [5, 5.41) is 15.2. The van der Waals surface area contributed by atoms with Gasteiger partial charge in [0.1, 0.15) is 41.4 Å². The van der Waals surface area contributed by atoms with Crippen LogP contribution in [0, 0.1) is 11.3 Å². The van der Waals surface area contributed by atoms with E-state index in [4.69, 9.17) is 29.7 Å². The normalized spacial score (nSPS) is 21.2. The van der Waals surface area contributed by atoms with Gasteiger partial charge < -0.3 is 24.6 Å². The van der Waals surface area contributed by atoms with Gasteiger partial charge in [-0.15, -0.1) is 11.3 Å². The van der Waals surface area contributed by atoms with Crippen LogP contribution < -0.4 is 20.1 Å². The van der Waals surface area contributed by atoms with Gasteiger partial charge in [0.05, 0.1) is 17.6 Å². The van der Waals surface area contributed by atoms with Crippen molar-refractivity contribution < 1.29 is 14.0 Å². The number of nitriles is 1. The van der Waals surface area contributed by atoms with E-state index in [1.54, 1.807) is 0 Å². The lowest BCUT2D eigenvalue weighted by Crippen LogP contribution is -2.43. The molecule has 1 atom stereocenters. The van der Waals surface area contributed by atoms with Crippen molar-refractivity contribution in [1.29, 1.82) is 5.26 Å². The van der Waals surface area contributed by atoms with Gasteiger partial charge in [-0.2, -0.15) is 15.2 Å². The van der Waals surface area contributed by atoms with Crippen LogP contribution in [0.15, 0.2) is 4.52 Å². The predicted octanol–water partition coefficient (Wildman–Crippen LogP) is 4.90. The number of rotatable bonds is 7. The first-order valence-electron chi connectivity index (χ1n) is 15.0. The first-order valence-corrected chi connectivity index (χ1v) is 15.8. The molecule has 1 unspecified atom stereocenters. The average Bonchev–Trinajstić information content (AvgIpc) is 3.74. The number of hydrogen-bond acceptors (Lipinski definition) is 11. The Morgan fingerprint density at radius 3 is 2.78 bits per heavy atom. The molecular weight excluding hydrogens is 538 g/mol. The molecule has 0 radical (unpaired) electrons. The number of anilines is 2. The van der Waals surface area contributed by atoms with Crippen molar-refractivity contribution in [3.63, 3.8) is 0 Å². The highest BCUT2D eigenvalue weighted by Crippen LogP contribution is 2.48. The molecule has 2 fully saturated rings. The molecule has 3 aromatic heterocycles. The number of fused-ring (bicyclic) bond motifs is 3. The molecule has 216 valence electrons. The zero-order valence-electron chi connectivity index (χ0n) is 23.9. The minimum atomic E-state index is -0.0588. The SMILES string of the molecule is CCCc1sc(N)c(C#N)c1C1CCCc2c(-c3nc(OCC45CCCN4CCC5)nc4c3OCCN4C)noc21. The van der Waals surface area contributed by atoms with Crippen LogP contribution in [0.3, 0.4) is 0 Å². The van der Waals surface area contributed by atoms with Crippen molar-refractivity contribution >= 4 is 22.2 Å². The van der Waals surface area contributed by atoms with Crippen LogP contribution in [0.2, 0.25) is 0 Å². The van der Waals surface area contributed by atoms with Crippen molar-refractivity contribution in [2.75, 3.05) is 50.5 Å². The third kappa shape index (κ3) is 4.34. The van der Waals surface area contributed by atoms with Crippen molar-refractivity contribution in [1.82, 2.24) is 20.0 Å². The zero-order chi connectivity index (χ0) is 28.1. The fourth-order valence-electron chi connectivity index (χ4n) is 7.41. The molecular formula is C30H37N7O3S. The first kappa shape index (κ1) is 26.5. The molecule has 0 spiro atoms. The van der Waals surface area contributed by atoms with E-state index in [2.05, 4.69) is 27.9 Å². The molecule has 1 aliphatic carbocycles. The highest BCUT2D eigenvalue weighted by molar-refractivity contribution is 7.16. The van der Waals surface area contributed by atoms with Crippen LogP contribution in [-0.4, -0.2) is 65.5 Å². The highest BCUT2D eigenvalue weighted by Gasteiger charge is 2.45. The second-order valence-corrected chi connectivity index (χ2v) is 13.0. The largest absolute Gasteiger partial charge is 0.486 e. The molecule has 6 heterocycles. The summed E-state index contributed by atoms with van der Waals surface area (Å²) in [5.41, 5.74) is 10.3. The van der Waals surface area contributed by atoms with E-state index in [1.807, 2.05) is 7.05 Å². The van der Waals surface area contributed by atoms with Crippen molar-refractivity contribution in [2.45, 2.75) is 76.2 Å². The number of thiophene rings is 1. The van der Waals surface area contributed by atoms with Gasteiger partial charge in [-0.1, -0.05) is 18.5 Å². The van der Waals surface area contributed by atoms with Crippen LogP contribution in [0.25, 0.3) is 11.4 Å². The number of aromatic nitrogens is 3. The summed E-state index contributed by atoms with van der Waals surface area (Å²) in [4.78, 5) is 15.6. The predicted molar refractivity (Wildman–Crippen MR) is 157 cm³/mol. The molecule has 11 heteroatoms. The van der Waals surface area contributed by atoms with Crippen LogP contribution in [0.5, 0.6) is 11.8 Å². The quantitative estimate of drug-likeness (QED) is 0.415. The van der Waals surface area contributed by atoms with Crippen LogP contribution >= 0.6 is 11.3 Å². The molecule has 7 rings (SSSR count). The lowest BCUT2D eigenvalue weighted by atomic mass is 9.80. The maximum atomic E-state index is 9.99. The molecule has 4 aliphatic rings. The first-order chi connectivity index (χ1) is 20.0. The Balaban J connectivity index is 1.28. The maximum absolute atomic E-state index is 9.99. The zero-order valence-corrected chi connectivity index (χ0v) is 24.7. The minimum absolute atomic E-state index is 0.0588. The van der Waals surface area contributed by atoms with Gasteiger partial charge in [-0.05, 0) is 70.0 Å². The Kier molecular flexibility index (Phi) is 6.78. The fourth-order valence-corrected chi connectivity index (χ4v) is 8.59. The second-order valence-electron chi connectivity index (χ2n) is 11.8. The van der Waals surface area contributed by atoms with Gasteiger partial charge in [0, 0.05) is 23.4 Å². The molecule has 0 aromatic carbocycles. The molecule has 3 aromatic rings. The van der Waals surface area contributed by atoms with Crippen molar-refractivity contribution in [3.05, 3.63) is 27.3 Å². The molecule has 41 heavy (non-hydrogen) atoms. The maximum Gasteiger partial charge on any atom is 0.319 e. The Bertz CT molecular complexity index is 1500. The van der Waals surface area contributed by atoms with E-state index in [9.17, 15) is 5.26 Å². The summed E-state index contributed by atoms with van der Waals surface area (Å²) in [6, 6.07) is 2.73. The van der Waals surface area contributed by atoms with Crippen LogP contribution in [-0.2, 0) is 12.8 Å². The fraction of sp³-hybridized carbons (Fsp3) is 0.600. The van der Waals surface area contributed by atoms with E-state index in [0.29, 0.717) is 46.9 Å². The molecule has 10 nitrogen and oxygen atoms in total. The molecule has 0 saturated carbocycles. The van der Waals surface area contributed by atoms with Gasteiger partial charge in [0.25, 0.3) is 0 Å². The summed E-state index contributed by atoms with van der Waals surface area (Å²) in [5.74, 6) is 2.09. The smallest absolute Gasteiger partial charge is 0.319 e. The Labute approximate surface area is 244 Å². The van der Waals surface area contributed by atoms with E-state index < -0.39 is 0 Å². The number of likely N-dealkylation sites (N-methyl/N-ethyl adjacent to an activating group) is 1. The van der Waals surface area contributed by atoms with E-state index in [-0.39, 0.29) is 11.5 Å². The third-order valence-electron chi connectivity index (χ3n) is 9.41. The standard InChI is InChI=1S/C30H37N7O3S/c1-3-7-21-22(20(16-31)27(32)41-21)18-8-4-9-19-23(35-40-25(18)19)24-26-28(36(2)14-15-38-26)34-29(33-24)39-17-30-10-5-12-37(30)13-6-11-30/h18H,3-15,17,32H2,1-2H3. The number of aryl methyl sites for hydroxylation is 1. The van der Waals surface area contributed by atoms with Gasteiger partial charge in [-0.25, -0.2) is 0 Å². The van der Waals surface area contributed by atoms with Gasteiger partial charge >= 0.3 is 6.01 Å². The monoisotopic (exact) mass is 575 g/mol. The van der Waals surface area contributed by atoms with Crippen LogP contribution in [0.4, 0.5) is 10.8 Å². The van der Waals surface area contributed by atoms with E-state index in [0.717, 1.165) is 87.3 Å². The number of nitrogen functional groups attached to an aromatic ring is 1. The van der Waals surface area contributed by atoms with E-state index >= 15 is 0 Å². The molecule has 0 bridgehead atoms. The van der Waals surface area contributed by atoms with Crippen molar-refractivity contribution in [3.8, 4) is 29.2 Å². The minimum Gasteiger partial charge on any atom is -0.486 e. The van der Waals surface area contributed by atoms with Crippen molar-refractivity contribution in [2.24, 2.45) is 0 Å². The van der Waals surface area contributed by atoms with Gasteiger partial charge in [0.2, 0.25) is 0 Å². The Morgan fingerprint density at radius 2 is 2.00 bits per heavy atom. The number of ether oxygens (including phenoxy) is 2. The summed E-state index contributed by atoms with van der Waals surface area (Å²) < 4.78 is 18.7. The Hall–Kier alpha value is -3.36. The lowest BCUT2D eigenvalue weighted by Gasteiger charge is -2.32. The van der Waals surface area contributed by atoms with Gasteiger partial charge in [-0.3, -0.25) is 4.90 Å². The third-order valence-corrected chi connectivity index (χ3v) is 10.5. The van der Waals surface area contributed by atoms with E-state index in [1.165, 1.54) is 29.1 Å². The second kappa shape index (κ2) is 10.5. The summed E-state index contributed by atoms with van der Waals surface area (Å²) in [6.07, 6.45) is 9.27. The molecule has 3 aliphatic heterocycles. The average molecular weight is 576 g/mol. The topological polar surface area (TPSA) is 127 Å². The number of nitrogens with zero attached hydrogens (tertiary/aromatic N) is 6. The number of nitrogens with two attached hydrogens (primary N) is 1. The lowest BCUT2D eigenvalue weighted by molar-refractivity contribution is 0.107. The van der Waals surface area contributed by atoms with Crippen LogP contribution in [0.1, 0.15) is 85.1 Å².